The van der Waals surface area contributed by atoms with Crippen LogP contribution < -0.4 is 5.73 Å². The Morgan fingerprint density at radius 1 is 1.40 bits per heavy atom. The fraction of sp³-hybridized carbons (Fsp3) is 0.333. The molecule has 1 aromatic heterocycles. The van der Waals surface area contributed by atoms with Crippen molar-refractivity contribution in [2.24, 2.45) is 5.73 Å². The molecule has 1 heterocycles. The predicted octanol–water partition coefficient (Wildman–Crippen LogP) is 3.23. The van der Waals surface area contributed by atoms with E-state index in [-0.39, 0.29) is 5.54 Å². The number of furan rings is 1. The Bertz CT molecular complexity index is 513. The molecule has 0 amide bonds. The summed E-state index contributed by atoms with van der Waals surface area (Å²) in [4.78, 5) is 0. The number of rotatable bonds is 2. The summed E-state index contributed by atoms with van der Waals surface area (Å²) in [6, 6.07) is 6.22. The van der Waals surface area contributed by atoms with Crippen LogP contribution in [0.3, 0.4) is 0 Å². The van der Waals surface area contributed by atoms with Crippen molar-refractivity contribution in [3.05, 3.63) is 34.5 Å². The van der Waals surface area contributed by atoms with Crippen LogP contribution in [0.4, 0.5) is 0 Å². The second kappa shape index (κ2) is 3.09. The van der Waals surface area contributed by atoms with E-state index in [1.165, 1.54) is 5.56 Å². The third-order valence-electron chi connectivity index (χ3n) is 3.07. The average molecular weight is 266 g/mol. The third kappa shape index (κ3) is 1.60. The van der Waals surface area contributed by atoms with Crippen LogP contribution in [-0.4, -0.2) is 5.54 Å². The molecule has 1 aliphatic carbocycles. The highest BCUT2D eigenvalue weighted by Crippen LogP contribution is 2.38. The SMILES string of the molecule is NC1(Cc2cccc3c(Br)coc23)CC1. The molecule has 3 heteroatoms. The van der Waals surface area contributed by atoms with E-state index in [9.17, 15) is 0 Å². The van der Waals surface area contributed by atoms with Crippen LogP contribution in [0.15, 0.2) is 33.4 Å². The summed E-state index contributed by atoms with van der Waals surface area (Å²) in [6.45, 7) is 0. The molecule has 3 rings (SSSR count). The molecular formula is C12H12BrNO. The summed E-state index contributed by atoms with van der Waals surface area (Å²) in [5, 5.41) is 1.14. The van der Waals surface area contributed by atoms with E-state index in [1.807, 2.05) is 0 Å². The Labute approximate surface area is 96.6 Å². The number of hydrogen-bond acceptors (Lipinski definition) is 2. The van der Waals surface area contributed by atoms with Crippen molar-refractivity contribution in [2.75, 3.05) is 0 Å². The van der Waals surface area contributed by atoms with Gasteiger partial charge in [-0.1, -0.05) is 12.1 Å². The zero-order valence-electron chi connectivity index (χ0n) is 8.29. The predicted molar refractivity (Wildman–Crippen MR) is 63.8 cm³/mol. The highest BCUT2D eigenvalue weighted by Gasteiger charge is 2.38. The van der Waals surface area contributed by atoms with Gasteiger partial charge in [-0.2, -0.15) is 0 Å². The summed E-state index contributed by atoms with van der Waals surface area (Å²) < 4.78 is 6.57. The Morgan fingerprint density at radius 3 is 2.93 bits per heavy atom. The van der Waals surface area contributed by atoms with Crippen molar-refractivity contribution in [1.29, 1.82) is 0 Å². The van der Waals surface area contributed by atoms with Crippen molar-refractivity contribution in [3.63, 3.8) is 0 Å². The number of halogens is 1. The van der Waals surface area contributed by atoms with Gasteiger partial charge in [-0.05, 0) is 46.8 Å². The fourth-order valence-corrected chi connectivity index (χ4v) is 2.35. The van der Waals surface area contributed by atoms with Gasteiger partial charge in [-0.15, -0.1) is 0 Å². The molecule has 2 N–H and O–H groups in total. The van der Waals surface area contributed by atoms with Gasteiger partial charge >= 0.3 is 0 Å². The van der Waals surface area contributed by atoms with Crippen LogP contribution in [0.1, 0.15) is 18.4 Å². The molecule has 15 heavy (non-hydrogen) atoms. The summed E-state index contributed by atoms with van der Waals surface area (Å²) in [5.74, 6) is 0. The Balaban J connectivity index is 2.09. The first-order valence-electron chi connectivity index (χ1n) is 5.11. The second-order valence-electron chi connectivity index (χ2n) is 4.42. The highest BCUT2D eigenvalue weighted by molar-refractivity contribution is 9.10. The molecule has 0 atom stereocenters. The van der Waals surface area contributed by atoms with Crippen molar-refractivity contribution >= 4 is 26.9 Å². The number of nitrogens with two attached hydrogens (primary N) is 1. The second-order valence-corrected chi connectivity index (χ2v) is 5.27. The van der Waals surface area contributed by atoms with E-state index < -0.39 is 0 Å². The van der Waals surface area contributed by atoms with Crippen molar-refractivity contribution in [2.45, 2.75) is 24.8 Å². The number of fused-ring (bicyclic) bond motifs is 1. The quantitative estimate of drug-likeness (QED) is 0.906. The minimum Gasteiger partial charge on any atom is -0.463 e. The first-order valence-corrected chi connectivity index (χ1v) is 5.91. The molecule has 2 nitrogen and oxygen atoms in total. The lowest BCUT2D eigenvalue weighted by Crippen LogP contribution is -2.24. The fourth-order valence-electron chi connectivity index (χ4n) is 1.94. The van der Waals surface area contributed by atoms with Gasteiger partial charge in [0.2, 0.25) is 0 Å². The topological polar surface area (TPSA) is 39.2 Å². The Morgan fingerprint density at radius 2 is 2.20 bits per heavy atom. The van der Waals surface area contributed by atoms with Crippen LogP contribution in [0.25, 0.3) is 11.0 Å². The number of hydrogen-bond donors (Lipinski definition) is 1. The molecule has 1 saturated carbocycles. The zero-order chi connectivity index (χ0) is 10.5. The van der Waals surface area contributed by atoms with E-state index in [1.54, 1.807) is 6.26 Å². The van der Waals surface area contributed by atoms with Crippen LogP contribution >= 0.6 is 15.9 Å². The first-order chi connectivity index (χ1) is 7.18. The summed E-state index contributed by atoms with van der Waals surface area (Å²) in [5.41, 5.74) is 8.35. The van der Waals surface area contributed by atoms with E-state index >= 15 is 0 Å². The monoisotopic (exact) mass is 265 g/mol. The van der Waals surface area contributed by atoms with Gasteiger partial charge in [0.25, 0.3) is 0 Å². The average Bonchev–Trinajstić information content (AvgIpc) is 2.81. The zero-order valence-corrected chi connectivity index (χ0v) is 9.88. The molecule has 1 fully saturated rings. The molecule has 1 aliphatic rings. The molecule has 0 spiro atoms. The van der Waals surface area contributed by atoms with E-state index in [0.29, 0.717) is 0 Å². The van der Waals surface area contributed by atoms with Crippen molar-refractivity contribution in [1.82, 2.24) is 0 Å². The standard InChI is InChI=1S/C12H12BrNO/c13-10-7-15-11-8(2-1-3-9(10)11)6-12(14)4-5-12/h1-3,7H,4-6,14H2. The van der Waals surface area contributed by atoms with Crippen LogP contribution in [0, 0.1) is 0 Å². The Hall–Kier alpha value is -0.800. The maximum Gasteiger partial charge on any atom is 0.138 e. The van der Waals surface area contributed by atoms with Crippen LogP contribution in [0.2, 0.25) is 0 Å². The van der Waals surface area contributed by atoms with Gasteiger partial charge in [0.05, 0.1) is 4.47 Å². The summed E-state index contributed by atoms with van der Waals surface area (Å²) >= 11 is 3.47. The molecule has 0 saturated heterocycles. The molecule has 78 valence electrons. The van der Waals surface area contributed by atoms with Crippen LogP contribution in [-0.2, 0) is 6.42 Å². The summed E-state index contributed by atoms with van der Waals surface area (Å²) in [6.07, 6.45) is 4.92. The molecule has 0 bridgehead atoms. The maximum absolute atomic E-state index is 6.12. The molecule has 0 unspecified atom stereocenters. The maximum atomic E-state index is 6.12. The molecule has 0 aliphatic heterocycles. The van der Waals surface area contributed by atoms with Crippen LogP contribution in [0.5, 0.6) is 0 Å². The molecule has 0 radical (unpaired) electrons. The van der Waals surface area contributed by atoms with Crippen molar-refractivity contribution in [3.8, 4) is 0 Å². The van der Waals surface area contributed by atoms with E-state index in [4.69, 9.17) is 10.2 Å². The third-order valence-corrected chi connectivity index (χ3v) is 3.68. The molecule has 2 aromatic rings. The first kappa shape index (κ1) is 9.43. The van der Waals surface area contributed by atoms with Gasteiger partial charge in [-0.3, -0.25) is 0 Å². The smallest absolute Gasteiger partial charge is 0.138 e. The van der Waals surface area contributed by atoms with Gasteiger partial charge in [0.1, 0.15) is 11.8 Å². The lowest BCUT2D eigenvalue weighted by molar-refractivity contribution is 0.598. The van der Waals surface area contributed by atoms with E-state index in [2.05, 4.69) is 34.1 Å². The molecule has 1 aromatic carbocycles. The largest absolute Gasteiger partial charge is 0.463 e. The normalized spacial score (nSPS) is 18.3. The minimum absolute atomic E-state index is 0.0353. The minimum atomic E-state index is 0.0353. The van der Waals surface area contributed by atoms with Crippen molar-refractivity contribution < 1.29 is 4.42 Å². The van der Waals surface area contributed by atoms with Gasteiger partial charge in [-0.25, -0.2) is 0 Å². The number of para-hydroxylation sites is 1. The summed E-state index contributed by atoms with van der Waals surface area (Å²) in [7, 11) is 0. The Kier molecular flexibility index (Phi) is 1.94. The van der Waals surface area contributed by atoms with E-state index in [0.717, 1.165) is 34.7 Å². The van der Waals surface area contributed by atoms with Gasteiger partial charge in [0.15, 0.2) is 0 Å². The van der Waals surface area contributed by atoms with Gasteiger partial charge in [0, 0.05) is 10.9 Å². The molecular weight excluding hydrogens is 254 g/mol. The lowest BCUT2D eigenvalue weighted by atomic mass is 10.0. The lowest BCUT2D eigenvalue weighted by Gasteiger charge is -2.08. The highest BCUT2D eigenvalue weighted by atomic mass is 79.9. The number of benzene rings is 1. The van der Waals surface area contributed by atoms with Gasteiger partial charge < -0.3 is 10.2 Å².